The van der Waals surface area contributed by atoms with Crippen LogP contribution < -0.4 is 24.3 Å². The largest absolute Gasteiger partial charge is 0.488 e. The number of methoxy groups -OCH3 is 1. The fourth-order valence-corrected chi connectivity index (χ4v) is 4.09. The second kappa shape index (κ2) is 8.64. The van der Waals surface area contributed by atoms with Crippen LogP contribution in [0.25, 0.3) is 33.1 Å². The van der Waals surface area contributed by atoms with E-state index in [-0.39, 0.29) is 6.61 Å². The number of anilines is 1. The Labute approximate surface area is 200 Å². The van der Waals surface area contributed by atoms with E-state index in [0.29, 0.717) is 48.1 Å². The van der Waals surface area contributed by atoms with E-state index in [1.807, 2.05) is 30.5 Å². The van der Waals surface area contributed by atoms with Gasteiger partial charge in [0.05, 0.1) is 24.2 Å². The number of aromatic amines is 1. The van der Waals surface area contributed by atoms with E-state index in [2.05, 4.69) is 36.3 Å². The van der Waals surface area contributed by atoms with E-state index in [9.17, 15) is 0 Å². The maximum atomic E-state index is 6.20. The normalized spacial score (nSPS) is 13.2. The second-order valence-electron chi connectivity index (χ2n) is 7.95. The van der Waals surface area contributed by atoms with Crippen molar-refractivity contribution in [2.24, 2.45) is 0 Å². The van der Waals surface area contributed by atoms with Crippen molar-refractivity contribution in [3.8, 4) is 34.4 Å². The number of H-pyrrole nitrogens is 1. The zero-order chi connectivity index (χ0) is 23.8. The molecule has 0 unspecified atom stereocenters. The molecule has 1 aromatic carbocycles. The van der Waals surface area contributed by atoms with Crippen LogP contribution in [0.3, 0.4) is 0 Å². The van der Waals surface area contributed by atoms with Crippen LogP contribution in [0.2, 0.25) is 0 Å². The average Bonchev–Trinajstić information content (AvgIpc) is 3.33. The van der Waals surface area contributed by atoms with Gasteiger partial charge in [0.2, 0.25) is 11.8 Å². The summed E-state index contributed by atoms with van der Waals surface area (Å²) in [5.41, 5.74) is 4.18. The molecule has 5 bridgehead atoms. The van der Waals surface area contributed by atoms with Gasteiger partial charge in [-0.25, -0.2) is 4.98 Å². The highest BCUT2D eigenvalue weighted by Crippen LogP contribution is 2.37. The van der Waals surface area contributed by atoms with E-state index in [1.165, 1.54) is 0 Å². The van der Waals surface area contributed by atoms with Gasteiger partial charge in [-0.3, -0.25) is 4.98 Å². The lowest BCUT2D eigenvalue weighted by Gasteiger charge is -2.12. The highest BCUT2D eigenvalue weighted by atomic mass is 16.5. The molecule has 2 N–H and O–H groups in total. The van der Waals surface area contributed by atoms with Gasteiger partial charge in [0.25, 0.3) is 5.88 Å². The highest BCUT2D eigenvalue weighted by molar-refractivity contribution is 5.99. The van der Waals surface area contributed by atoms with E-state index in [0.717, 1.165) is 33.0 Å². The average molecular weight is 470 g/mol. The van der Waals surface area contributed by atoms with Crippen molar-refractivity contribution in [1.29, 1.82) is 0 Å². The molecule has 0 saturated heterocycles. The fraction of sp³-hybridized carbons (Fsp3) is 0.200. The van der Waals surface area contributed by atoms with E-state index in [1.54, 1.807) is 26.6 Å². The highest BCUT2D eigenvalue weighted by Gasteiger charge is 2.18. The third-order valence-electron chi connectivity index (χ3n) is 5.73. The minimum absolute atomic E-state index is 0.265. The van der Waals surface area contributed by atoms with Crippen molar-refractivity contribution in [3.63, 3.8) is 0 Å². The number of nitrogens with one attached hydrogen (secondary N) is 2. The molecule has 0 radical (unpaired) electrons. The summed E-state index contributed by atoms with van der Waals surface area (Å²) in [6.45, 7) is 0.911. The maximum Gasteiger partial charge on any atom is 0.257 e. The molecule has 0 saturated carbocycles. The van der Waals surface area contributed by atoms with Crippen LogP contribution in [0.15, 0.2) is 48.9 Å². The van der Waals surface area contributed by atoms with Crippen molar-refractivity contribution in [2.75, 3.05) is 32.7 Å². The molecule has 10 heteroatoms. The minimum Gasteiger partial charge on any atom is -0.488 e. The number of benzene rings is 1. The van der Waals surface area contributed by atoms with Crippen LogP contribution in [0.5, 0.6) is 23.3 Å². The van der Waals surface area contributed by atoms with Crippen LogP contribution in [-0.2, 0) is 6.61 Å². The Hall–Kier alpha value is -4.60. The molecule has 0 atom stereocenters. The third kappa shape index (κ3) is 3.88. The van der Waals surface area contributed by atoms with Gasteiger partial charge in [-0.05, 0) is 29.8 Å². The topological polar surface area (TPSA) is 116 Å². The van der Waals surface area contributed by atoms with Gasteiger partial charge < -0.3 is 29.2 Å². The first-order valence-electron chi connectivity index (χ1n) is 11.1. The summed E-state index contributed by atoms with van der Waals surface area (Å²) in [7, 11) is 3.34. The lowest BCUT2D eigenvalue weighted by molar-refractivity contribution is 0.209. The molecule has 5 aromatic rings. The zero-order valence-electron chi connectivity index (χ0n) is 19.2. The van der Waals surface area contributed by atoms with Crippen LogP contribution in [0, 0.1) is 0 Å². The molecule has 0 spiro atoms. The summed E-state index contributed by atoms with van der Waals surface area (Å²) in [4.78, 5) is 21.3. The van der Waals surface area contributed by atoms with Gasteiger partial charge in [-0.2, -0.15) is 9.97 Å². The van der Waals surface area contributed by atoms with Gasteiger partial charge >= 0.3 is 0 Å². The first kappa shape index (κ1) is 21.0. The molecule has 176 valence electrons. The third-order valence-corrected chi connectivity index (χ3v) is 5.73. The summed E-state index contributed by atoms with van der Waals surface area (Å²) in [5.74, 6) is 2.50. The first-order valence-corrected chi connectivity index (χ1v) is 11.1. The number of pyridine rings is 2. The number of nitrogens with zero attached hydrogens (tertiary/aromatic N) is 4. The minimum atomic E-state index is 0.265. The quantitative estimate of drug-likeness (QED) is 0.395. The molecule has 6 rings (SSSR count). The number of hydrogen-bond donors (Lipinski definition) is 2. The SMILES string of the molecule is CNc1nc2c3c(c[nH]c3n1)-c1ccc3nc(OC)c(cc3c1)OCCOc1cncc(c1)CO2. The molecule has 0 aliphatic carbocycles. The molecule has 0 fully saturated rings. The van der Waals surface area contributed by atoms with E-state index in [4.69, 9.17) is 18.9 Å². The summed E-state index contributed by atoms with van der Waals surface area (Å²) in [6.07, 6.45) is 5.30. The summed E-state index contributed by atoms with van der Waals surface area (Å²) in [6, 6.07) is 9.82. The number of rotatable bonds is 2. The molecule has 10 nitrogen and oxygen atoms in total. The first-order chi connectivity index (χ1) is 17.2. The van der Waals surface area contributed by atoms with Crippen molar-refractivity contribution < 1.29 is 18.9 Å². The zero-order valence-corrected chi connectivity index (χ0v) is 19.2. The van der Waals surface area contributed by atoms with Gasteiger partial charge in [0.1, 0.15) is 31.2 Å². The molecule has 0 amide bonds. The molecular weight excluding hydrogens is 448 g/mol. The Morgan fingerprint density at radius 2 is 1.91 bits per heavy atom. The van der Waals surface area contributed by atoms with E-state index < -0.39 is 0 Å². The van der Waals surface area contributed by atoms with Gasteiger partial charge in [-0.15, -0.1) is 0 Å². The van der Waals surface area contributed by atoms with Gasteiger partial charge in [0, 0.05) is 36.0 Å². The second-order valence-corrected chi connectivity index (χ2v) is 7.95. The number of hydrogen-bond acceptors (Lipinski definition) is 9. The van der Waals surface area contributed by atoms with Gasteiger partial charge in [0.15, 0.2) is 5.75 Å². The van der Waals surface area contributed by atoms with Crippen LogP contribution >= 0.6 is 0 Å². The number of ether oxygens (including phenoxy) is 4. The van der Waals surface area contributed by atoms with Crippen molar-refractivity contribution in [3.05, 3.63) is 54.5 Å². The maximum absolute atomic E-state index is 6.20. The summed E-state index contributed by atoms with van der Waals surface area (Å²) in [5, 5.41) is 4.68. The Morgan fingerprint density at radius 1 is 1.00 bits per heavy atom. The molecule has 5 heterocycles. The number of fused-ring (bicyclic) bond motifs is 5. The molecule has 4 aromatic heterocycles. The van der Waals surface area contributed by atoms with E-state index >= 15 is 0 Å². The fourth-order valence-electron chi connectivity index (χ4n) is 4.09. The molecule has 35 heavy (non-hydrogen) atoms. The summed E-state index contributed by atoms with van der Waals surface area (Å²) < 4.78 is 23.5. The standard InChI is InChI=1S/C25H22N6O4/c1-26-25-30-22-21-18(12-28-22)15-3-4-19-16(8-15)9-20(23(29-19)32-2)34-6-5-33-17-7-14(10-27-11-17)13-35-24(21)31-25/h3-4,7-12H,5-6,13H2,1-2H3,(H2,26,28,30,31). The Kier molecular flexibility index (Phi) is 5.17. The Morgan fingerprint density at radius 3 is 2.80 bits per heavy atom. The molecular formula is C25H22N6O4. The lowest BCUT2D eigenvalue weighted by atomic mass is 10.0. The smallest absolute Gasteiger partial charge is 0.257 e. The predicted molar refractivity (Wildman–Crippen MR) is 130 cm³/mol. The molecule has 1 aliphatic rings. The predicted octanol–water partition coefficient (Wildman–Crippen LogP) is 3.97. The van der Waals surface area contributed by atoms with Crippen molar-refractivity contribution >= 4 is 27.9 Å². The Balaban J connectivity index is 1.55. The van der Waals surface area contributed by atoms with Crippen LogP contribution in [0.4, 0.5) is 5.95 Å². The monoisotopic (exact) mass is 470 g/mol. The van der Waals surface area contributed by atoms with Crippen LogP contribution in [-0.4, -0.2) is 52.3 Å². The summed E-state index contributed by atoms with van der Waals surface area (Å²) >= 11 is 0. The lowest BCUT2D eigenvalue weighted by Crippen LogP contribution is -2.10. The number of aromatic nitrogens is 5. The van der Waals surface area contributed by atoms with Crippen LogP contribution in [0.1, 0.15) is 5.56 Å². The van der Waals surface area contributed by atoms with Crippen molar-refractivity contribution in [1.82, 2.24) is 24.9 Å². The Bertz CT molecular complexity index is 1550. The van der Waals surface area contributed by atoms with Crippen molar-refractivity contribution in [2.45, 2.75) is 6.61 Å². The van der Waals surface area contributed by atoms with Gasteiger partial charge in [-0.1, -0.05) is 6.07 Å². The molecule has 1 aliphatic heterocycles.